The van der Waals surface area contributed by atoms with Crippen LogP contribution in [0, 0.1) is 0 Å². The predicted molar refractivity (Wildman–Crippen MR) is 105 cm³/mol. The molecule has 1 aromatic carbocycles. The monoisotopic (exact) mass is 374 g/mol. The van der Waals surface area contributed by atoms with Crippen LogP contribution in [-0.4, -0.2) is 26.1 Å². The van der Waals surface area contributed by atoms with E-state index in [4.69, 9.17) is 10.2 Å². The molecule has 28 heavy (non-hydrogen) atoms. The molecule has 8 heteroatoms. The second kappa shape index (κ2) is 7.43. The van der Waals surface area contributed by atoms with Gasteiger partial charge in [0.05, 0.1) is 23.5 Å². The highest BCUT2D eigenvalue weighted by atomic mass is 16.4. The van der Waals surface area contributed by atoms with Crippen molar-refractivity contribution in [3.05, 3.63) is 60.7 Å². The van der Waals surface area contributed by atoms with E-state index in [1.807, 2.05) is 42.5 Å². The van der Waals surface area contributed by atoms with Gasteiger partial charge < -0.3 is 15.5 Å². The Labute approximate surface area is 161 Å². The molecule has 3 aromatic rings. The van der Waals surface area contributed by atoms with Crippen LogP contribution in [0.2, 0.25) is 0 Å². The van der Waals surface area contributed by atoms with Gasteiger partial charge in [0.2, 0.25) is 11.8 Å². The highest BCUT2D eigenvalue weighted by Crippen LogP contribution is 2.31. The first kappa shape index (κ1) is 17.6. The lowest BCUT2D eigenvalue weighted by Gasteiger charge is -2.10. The quantitative estimate of drug-likeness (QED) is 0.718. The Balaban J connectivity index is 1.71. The van der Waals surface area contributed by atoms with E-state index in [0.29, 0.717) is 28.5 Å². The third kappa shape index (κ3) is 3.52. The lowest BCUT2D eigenvalue weighted by atomic mass is 10.0. The van der Waals surface area contributed by atoms with Crippen LogP contribution in [0.15, 0.2) is 59.2 Å². The van der Waals surface area contributed by atoms with Gasteiger partial charge in [-0.15, -0.1) is 10.2 Å². The number of carbonyl (C=O) groups is 1. The van der Waals surface area contributed by atoms with Crippen LogP contribution >= 0.6 is 0 Å². The molecule has 0 spiro atoms. The molecule has 1 amide bonds. The molecule has 4 rings (SSSR count). The summed E-state index contributed by atoms with van der Waals surface area (Å²) in [5.41, 5.74) is 8.20. The maximum atomic E-state index is 11.5. The summed E-state index contributed by atoms with van der Waals surface area (Å²) < 4.78 is 5.82. The van der Waals surface area contributed by atoms with Gasteiger partial charge in [-0.25, -0.2) is 9.97 Å². The van der Waals surface area contributed by atoms with Gasteiger partial charge >= 0.3 is 0 Å². The van der Waals surface area contributed by atoms with Crippen molar-refractivity contribution in [3.63, 3.8) is 0 Å². The third-order valence-corrected chi connectivity index (χ3v) is 4.26. The number of benzene rings is 1. The molecule has 8 nitrogen and oxygen atoms in total. The molecule has 1 aliphatic rings. The number of hydrogen-bond donors (Lipinski definition) is 2. The van der Waals surface area contributed by atoms with Gasteiger partial charge in [0.1, 0.15) is 0 Å². The van der Waals surface area contributed by atoms with Crippen LogP contribution in [0.5, 0.6) is 0 Å². The van der Waals surface area contributed by atoms with Gasteiger partial charge in [-0.1, -0.05) is 42.5 Å². The van der Waals surface area contributed by atoms with Crippen LogP contribution in [0.4, 0.5) is 11.5 Å². The number of hydrogen-bond acceptors (Lipinski definition) is 7. The Morgan fingerprint density at radius 3 is 2.89 bits per heavy atom. The zero-order valence-corrected chi connectivity index (χ0v) is 15.2. The summed E-state index contributed by atoms with van der Waals surface area (Å²) in [6.45, 7) is 1.45. The number of amides is 1. The molecule has 1 aliphatic carbocycles. The van der Waals surface area contributed by atoms with Crippen molar-refractivity contribution < 1.29 is 9.21 Å². The van der Waals surface area contributed by atoms with Crippen LogP contribution in [0.25, 0.3) is 22.8 Å². The summed E-state index contributed by atoms with van der Waals surface area (Å²) in [7, 11) is 0. The summed E-state index contributed by atoms with van der Waals surface area (Å²) >= 11 is 0. The highest BCUT2D eigenvalue weighted by Gasteiger charge is 2.20. The minimum absolute atomic E-state index is 0.0316. The van der Waals surface area contributed by atoms with Crippen molar-refractivity contribution >= 4 is 17.4 Å². The number of nitrogen functional groups attached to an aromatic ring is 1. The molecule has 0 saturated heterocycles. The second-order valence-electron chi connectivity index (χ2n) is 6.32. The lowest BCUT2D eigenvalue weighted by Crippen LogP contribution is -2.07. The number of nitrogens with zero attached hydrogens (tertiary/aromatic N) is 4. The highest BCUT2D eigenvalue weighted by molar-refractivity contribution is 5.93. The number of rotatable bonds is 4. The maximum Gasteiger partial charge on any atom is 0.270 e. The summed E-state index contributed by atoms with van der Waals surface area (Å²) in [6.07, 6.45) is 10.3. The Bertz CT molecular complexity index is 1090. The normalized spacial score (nSPS) is 15.5. The van der Waals surface area contributed by atoms with Gasteiger partial charge in [-0.05, 0) is 12.5 Å². The Morgan fingerprint density at radius 1 is 1.25 bits per heavy atom. The van der Waals surface area contributed by atoms with Gasteiger partial charge in [0.25, 0.3) is 5.89 Å². The predicted octanol–water partition coefficient (Wildman–Crippen LogP) is 3.33. The molecule has 0 radical (unpaired) electrons. The number of nitrogens with one attached hydrogen (secondary N) is 1. The smallest absolute Gasteiger partial charge is 0.270 e. The molecule has 0 fully saturated rings. The summed E-state index contributed by atoms with van der Waals surface area (Å²) in [5.74, 6) is 0.758. The number of anilines is 2. The number of para-hydroxylation sites is 1. The topological polar surface area (TPSA) is 120 Å². The molecule has 0 saturated carbocycles. The maximum absolute atomic E-state index is 11.5. The fraction of sp³-hybridized carbons (Fsp3) is 0.150. The lowest BCUT2D eigenvalue weighted by molar-refractivity contribution is -0.114. The Kier molecular flexibility index (Phi) is 4.67. The van der Waals surface area contributed by atoms with E-state index in [-0.39, 0.29) is 23.5 Å². The SMILES string of the molecule is CC(=O)Nc1ccccc1-c1cnc(N)c(-c2nnc(C3C=CC=CC3)o2)n1. The van der Waals surface area contributed by atoms with Crippen molar-refractivity contribution in [1.29, 1.82) is 0 Å². The zero-order chi connectivity index (χ0) is 19.5. The molecule has 0 aliphatic heterocycles. The van der Waals surface area contributed by atoms with E-state index < -0.39 is 0 Å². The second-order valence-corrected chi connectivity index (χ2v) is 6.32. The molecule has 2 heterocycles. The molecule has 2 aromatic heterocycles. The van der Waals surface area contributed by atoms with Crippen molar-refractivity contribution in [2.24, 2.45) is 0 Å². The van der Waals surface area contributed by atoms with Crippen LogP contribution in [0.3, 0.4) is 0 Å². The van der Waals surface area contributed by atoms with Gasteiger partial charge in [-0.2, -0.15) is 0 Å². The van der Waals surface area contributed by atoms with Crippen LogP contribution < -0.4 is 11.1 Å². The number of carbonyl (C=O) groups excluding carboxylic acids is 1. The molecule has 3 N–H and O–H groups in total. The first-order valence-corrected chi connectivity index (χ1v) is 8.78. The van der Waals surface area contributed by atoms with E-state index >= 15 is 0 Å². The molecular weight excluding hydrogens is 356 g/mol. The largest absolute Gasteiger partial charge is 0.419 e. The van der Waals surface area contributed by atoms with Crippen molar-refractivity contribution in [2.45, 2.75) is 19.3 Å². The van der Waals surface area contributed by atoms with Crippen molar-refractivity contribution in [1.82, 2.24) is 20.2 Å². The molecule has 1 atom stereocenters. The summed E-state index contributed by atoms with van der Waals surface area (Å²) in [5, 5.41) is 11.0. The van der Waals surface area contributed by atoms with E-state index in [0.717, 1.165) is 6.42 Å². The number of aromatic nitrogens is 4. The van der Waals surface area contributed by atoms with Gasteiger partial charge in [-0.3, -0.25) is 4.79 Å². The fourth-order valence-electron chi connectivity index (χ4n) is 2.93. The van der Waals surface area contributed by atoms with E-state index in [1.54, 1.807) is 12.3 Å². The van der Waals surface area contributed by atoms with Gasteiger partial charge in [0.15, 0.2) is 11.5 Å². The number of nitrogens with two attached hydrogens (primary N) is 1. The molecule has 0 bridgehead atoms. The fourth-order valence-corrected chi connectivity index (χ4v) is 2.93. The average Bonchev–Trinajstić information content (AvgIpc) is 3.19. The van der Waals surface area contributed by atoms with E-state index in [1.165, 1.54) is 6.92 Å². The summed E-state index contributed by atoms with van der Waals surface area (Å²) in [4.78, 5) is 20.3. The van der Waals surface area contributed by atoms with E-state index in [9.17, 15) is 4.79 Å². The zero-order valence-electron chi connectivity index (χ0n) is 15.2. The molecule has 140 valence electrons. The Hall–Kier alpha value is -3.81. The standard InChI is InChI=1S/C20H18N6O2/c1-12(27)23-15-10-6-5-9-14(15)16-11-22-18(21)17(24-16)20-26-25-19(28-20)13-7-3-2-4-8-13/h2-7,9-11,13H,8H2,1H3,(H2,21,22)(H,23,27). The first-order chi connectivity index (χ1) is 13.6. The molecular formula is C20H18N6O2. The Morgan fingerprint density at radius 2 is 2.11 bits per heavy atom. The van der Waals surface area contributed by atoms with Crippen molar-refractivity contribution in [3.8, 4) is 22.8 Å². The average molecular weight is 374 g/mol. The van der Waals surface area contributed by atoms with Gasteiger partial charge in [0, 0.05) is 12.5 Å². The number of allylic oxidation sites excluding steroid dienone is 4. The summed E-state index contributed by atoms with van der Waals surface area (Å²) in [6, 6.07) is 7.32. The van der Waals surface area contributed by atoms with E-state index in [2.05, 4.69) is 25.5 Å². The van der Waals surface area contributed by atoms with Crippen LogP contribution in [-0.2, 0) is 4.79 Å². The third-order valence-electron chi connectivity index (χ3n) is 4.26. The minimum Gasteiger partial charge on any atom is -0.419 e. The van der Waals surface area contributed by atoms with Crippen LogP contribution in [0.1, 0.15) is 25.2 Å². The first-order valence-electron chi connectivity index (χ1n) is 8.78. The molecule has 1 unspecified atom stereocenters. The minimum atomic E-state index is -0.174. The van der Waals surface area contributed by atoms with Crippen molar-refractivity contribution in [2.75, 3.05) is 11.1 Å².